The number of rotatable bonds is 6. The van der Waals surface area contributed by atoms with E-state index in [4.69, 9.17) is 18.9 Å². The Morgan fingerprint density at radius 3 is 2.27 bits per heavy atom. The predicted octanol–water partition coefficient (Wildman–Crippen LogP) is 6.74. The number of nitrogens with zero attached hydrogens (tertiary/aromatic N) is 2. The highest BCUT2D eigenvalue weighted by molar-refractivity contribution is 6.08. The second kappa shape index (κ2) is 9.65. The number of carbonyl (C=O) groups excluding carboxylic acids is 1. The standard InChI is InChI=1S/C30H31N3O4/c1-6-33(23-15-16-24-25(17-23)36-18-35-24)29(34)26-27(19-9-13-22(31-5)14-10-19)37-28(32-26)20-7-11-21(12-8-20)30(2,3)4/h7-17,31H,6,18H2,1-5H3. The van der Waals surface area contributed by atoms with E-state index in [-0.39, 0.29) is 23.8 Å². The fourth-order valence-corrected chi connectivity index (χ4v) is 4.31. The summed E-state index contributed by atoms with van der Waals surface area (Å²) in [5, 5.41) is 3.12. The molecule has 7 heteroatoms. The summed E-state index contributed by atoms with van der Waals surface area (Å²) in [6, 6.07) is 21.3. The second-order valence-electron chi connectivity index (χ2n) is 9.94. The van der Waals surface area contributed by atoms with Gasteiger partial charge in [0.1, 0.15) is 0 Å². The fraction of sp³-hybridized carbons (Fsp3) is 0.267. The van der Waals surface area contributed by atoms with E-state index in [1.165, 1.54) is 5.56 Å². The third kappa shape index (κ3) is 4.77. The van der Waals surface area contributed by atoms with Crippen LogP contribution in [0.3, 0.4) is 0 Å². The number of nitrogens with one attached hydrogen (secondary N) is 1. The molecule has 0 aliphatic carbocycles. The predicted molar refractivity (Wildman–Crippen MR) is 146 cm³/mol. The van der Waals surface area contributed by atoms with E-state index in [2.05, 4.69) is 38.2 Å². The lowest BCUT2D eigenvalue weighted by Gasteiger charge is -2.20. The Kier molecular flexibility index (Phi) is 6.38. The Morgan fingerprint density at radius 2 is 1.62 bits per heavy atom. The molecule has 1 aromatic heterocycles. The Morgan fingerprint density at radius 1 is 0.946 bits per heavy atom. The molecule has 5 rings (SSSR count). The quantitative estimate of drug-likeness (QED) is 0.318. The van der Waals surface area contributed by atoms with Crippen LogP contribution in [0.4, 0.5) is 11.4 Å². The van der Waals surface area contributed by atoms with Crippen molar-refractivity contribution in [3.63, 3.8) is 0 Å². The molecule has 7 nitrogen and oxygen atoms in total. The lowest BCUT2D eigenvalue weighted by Crippen LogP contribution is -2.31. The average Bonchev–Trinajstić information content (AvgIpc) is 3.56. The van der Waals surface area contributed by atoms with Crippen molar-refractivity contribution in [2.24, 2.45) is 0 Å². The van der Waals surface area contributed by atoms with Crippen molar-refractivity contribution in [3.05, 3.63) is 78.0 Å². The van der Waals surface area contributed by atoms with E-state index in [1.54, 1.807) is 4.90 Å². The van der Waals surface area contributed by atoms with Crippen molar-refractivity contribution in [3.8, 4) is 34.3 Å². The molecule has 0 atom stereocenters. The van der Waals surface area contributed by atoms with Crippen molar-refractivity contribution in [1.82, 2.24) is 4.98 Å². The van der Waals surface area contributed by atoms with Crippen LogP contribution in [0.15, 0.2) is 71.1 Å². The van der Waals surface area contributed by atoms with Crippen LogP contribution in [0.2, 0.25) is 0 Å². The molecule has 0 fully saturated rings. The van der Waals surface area contributed by atoms with E-state index < -0.39 is 0 Å². The number of amides is 1. The zero-order valence-corrected chi connectivity index (χ0v) is 21.8. The molecule has 1 aliphatic rings. The largest absolute Gasteiger partial charge is 0.454 e. The number of oxazole rings is 1. The first-order chi connectivity index (χ1) is 17.8. The first-order valence-corrected chi connectivity index (χ1v) is 12.4. The van der Waals surface area contributed by atoms with Gasteiger partial charge >= 0.3 is 0 Å². The summed E-state index contributed by atoms with van der Waals surface area (Å²) in [6.07, 6.45) is 0. The molecule has 0 saturated heterocycles. The van der Waals surface area contributed by atoms with Crippen LogP contribution in [0.25, 0.3) is 22.8 Å². The number of carbonyl (C=O) groups is 1. The topological polar surface area (TPSA) is 76.8 Å². The molecule has 1 N–H and O–H groups in total. The fourth-order valence-electron chi connectivity index (χ4n) is 4.31. The summed E-state index contributed by atoms with van der Waals surface area (Å²) in [5.74, 6) is 1.86. The molecule has 0 bridgehead atoms. The maximum absolute atomic E-state index is 13.9. The van der Waals surface area contributed by atoms with Crippen LogP contribution in [-0.2, 0) is 5.41 Å². The van der Waals surface area contributed by atoms with Crippen LogP contribution >= 0.6 is 0 Å². The smallest absolute Gasteiger partial charge is 0.280 e. The summed E-state index contributed by atoms with van der Waals surface area (Å²) in [5.41, 5.74) is 4.74. The number of hydrogen-bond donors (Lipinski definition) is 1. The lowest BCUT2D eigenvalue weighted by atomic mass is 9.87. The summed E-state index contributed by atoms with van der Waals surface area (Å²) in [6.45, 7) is 9.06. The molecule has 0 spiro atoms. The van der Waals surface area contributed by atoms with Crippen molar-refractivity contribution in [2.75, 3.05) is 30.6 Å². The van der Waals surface area contributed by atoms with Gasteiger partial charge in [-0.2, -0.15) is 0 Å². The lowest BCUT2D eigenvalue weighted by molar-refractivity contribution is 0.0984. The van der Waals surface area contributed by atoms with Gasteiger partial charge in [-0.3, -0.25) is 4.79 Å². The number of benzene rings is 3. The zero-order valence-electron chi connectivity index (χ0n) is 21.8. The maximum Gasteiger partial charge on any atom is 0.280 e. The van der Waals surface area contributed by atoms with Gasteiger partial charge in [0.25, 0.3) is 5.91 Å². The van der Waals surface area contributed by atoms with Gasteiger partial charge in [0.05, 0.1) is 0 Å². The molecular weight excluding hydrogens is 466 g/mol. The van der Waals surface area contributed by atoms with Gasteiger partial charge < -0.3 is 24.1 Å². The number of ether oxygens (including phenoxy) is 2. The average molecular weight is 498 g/mol. The normalized spacial score (nSPS) is 12.5. The highest BCUT2D eigenvalue weighted by Crippen LogP contribution is 2.37. The van der Waals surface area contributed by atoms with Crippen LogP contribution in [0, 0.1) is 0 Å². The van der Waals surface area contributed by atoms with Crippen LogP contribution in [0.1, 0.15) is 43.7 Å². The molecule has 4 aromatic rings. The summed E-state index contributed by atoms with van der Waals surface area (Å²) in [7, 11) is 1.86. The highest BCUT2D eigenvalue weighted by atomic mass is 16.7. The van der Waals surface area contributed by atoms with E-state index >= 15 is 0 Å². The van der Waals surface area contributed by atoms with E-state index in [9.17, 15) is 4.79 Å². The first kappa shape index (κ1) is 24.4. The van der Waals surface area contributed by atoms with Gasteiger partial charge in [0.15, 0.2) is 23.0 Å². The summed E-state index contributed by atoms with van der Waals surface area (Å²) in [4.78, 5) is 20.3. The first-order valence-electron chi connectivity index (χ1n) is 12.4. The van der Waals surface area contributed by atoms with Gasteiger partial charge in [0.2, 0.25) is 12.7 Å². The van der Waals surface area contributed by atoms with Crippen LogP contribution in [0.5, 0.6) is 11.5 Å². The number of hydrogen-bond acceptors (Lipinski definition) is 6. The SMILES string of the molecule is CCN(C(=O)c1nc(-c2ccc(C(C)(C)C)cc2)oc1-c1ccc(NC)cc1)c1ccc2c(c1)OCO2. The molecule has 2 heterocycles. The maximum atomic E-state index is 13.9. The van der Waals surface area contributed by atoms with E-state index in [1.807, 2.05) is 68.6 Å². The monoisotopic (exact) mass is 497 g/mol. The van der Waals surface area contributed by atoms with Crippen molar-refractivity contribution >= 4 is 17.3 Å². The zero-order chi connectivity index (χ0) is 26.2. The Labute approximate surface area is 217 Å². The molecule has 37 heavy (non-hydrogen) atoms. The second-order valence-corrected chi connectivity index (χ2v) is 9.94. The van der Waals surface area contributed by atoms with E-state index in [0.717, 1.165) is 16.8 Å². The number of anilines is 2. The van der Waals surface area contributed by atoms with Crippen LogP contribution < -0.4 is 19.7 Å². The van der Waals surface area contributed by atoms with Gasteiger partial charge in [-0.25, -0.2) is 4.98 Å². The minimum Gasteiger partial charge on any atom is -0.454 e. The Bertz CT molecular complexity index is 1420. The molecule has 0 saturated carbocycles. The van der Waals surface area contributed by atoms with Crippen molar-refractivity contribution in [1.29, 1.82) is 0 Å². The number of aromatic nitrogens is 1. The van der Waals surface area contributed by atoms with Gasteiger partial charge in [0, 0.05) is 42.2 Å². The van der Waals surface area contributed by atoms with Gasteiger partial charge in [-0.05, 0) is 66.4 Å². The molecule has 0 radical (unpaired) electrons. The van der Waals surface area contributed by atoms with Gasteiger partial charge in [-0.15, -0.1) is 0 Å². The Balaban J connectivity index is 1.57. The van der Waals surface area contributed by atoms with Gasteiger partial charge in [-0.1, -0.05) is 32.9 Å². The third-order valence-corrected chi connectivity index (χ3v) is 6.49. The number of fused-ring (bicyclic) bond motifs is 1. The Hall–Kier alpha value is -4.26. The third-order valence-electron chi connectivity index (χ3n) is 6.49. The van der Waals surface area contributed by atoms with Crippen LogP contribution in [-0.4, -0.2) is 31.3 Å². The van der Waals surface area contributed by atoms with Crippen molar-refractivity contribution in [2.45, 2.75) is 33.1 Å². The van der Waals surface area contributed by atoms with Crippen molar-refractivity contribution < 1.29 is 18.7 Å². The molecule has 0 unspecified atom stereocenters. The minimum absolute atomic E-state index is 0.0305. The molecule has 1 amide bonds. The minimum atomic E-state index is -0.254. The molecular formula is C30H31N3O4. The van der Waals surface area contributed by atoms with E-state index in [0.29, 0.717) is 35.4 Å². The summed E-state index contributed by atoms with van der Waals surface area (Å²) >= 11 is 0. The highest BCUT2D eigenvalue weighted by Gasteiger charge is 2.28. The molecule has 190 valence electrons. The summed E-state index contributed by atoms with van der Waals surface area (Å²) < 4.78 is 17.2. The molecule has 1 aliphatic heterocycles. The molecule has 3 aromatic carbocycles.